The second-order valence-electron chi connectivity index (χ2n) is 19.8. The van der Waals surface area contributed by atoms with Crippen molar-refractivity contribution in [1.82, 2.24) is 69.7 Å². The van der Waals surface area contributed by atoms with E-state index in [9.17, 15) is 9.59 Å². The Bertz CT molecular complexity index is 2800. The molecule has 8 heterocycles. The minimum atomic E-state index is -0.0559. The highest BCUT2D eigenvalue weighted by atomic mass is 35.5. The van der Waals surface area contributed by atoms with Gasteiger partial charge in [-0.05, 0) is 114 Å². The average molecular weight is 1020 g/mol. The summed E-state index contributed by atoms with van der Waals surface area (Å²) in [6.45, 7) is 19.8. The number of nitrogen functional groups attached to an aromatic ring is 1. The predicted molar refractivity (Wildman–Crippen MR) is 282 cm³/mol. The van der Waals surface area contributed by atoms with Gasteiger partial charge in [0.05, 0.1) is 97.8 Å². The molecule has 0 aliphatic carbocycles. The largest absolute Gasteiger partial charge is 0.396 e. The van der Waals surface area contributed by atoms with Crippen LogP contribution in [0, 0.1) is 13.8 Å². The number of aromatic nitrogens is 8. The van der Waals surface area contributed by atoms with Gasteiger partial charge in [0.25, 0.3) is 0 Å². The van der Waals surface area contributed by atoms with Crippen LogP contribution in [-0.4, -0.2) is 162 Å². The molecule has 21 heteroatoms. The van der Waals surface area contributed by atoms with Gasteiger partial charge in [-0.25, -0.2) is 29.5 Å². The zero-order valence-electron chi connectivity index (χ0n) is 43.1. The van der Waals surface area contributed by atoms with Crippen molar-refractivity contribution in [2.45, 2.75) is 91.1 Å². The average Bonchev–Trinajstić information content (AvgIpc) is 3.96. The number of likely N-dealkylation sites (tertiary alicyclic amines) is 4. The fourth-order valence-electron chi connectivity index (χ4n) is 8.85. The summed E-state index contributed by atoms with van der Waals surface area (Å²) in [5.74, 6) is 0.529. The number of nitrogens with two attached hydrogens (primary N) is 1. The van der Waals surface area contributed by atoms with E-state index in [-0.39, 0.29) is 41.8 Å². The monoisotopic (exact) mass is 1020 g/mol. The molecular formula is C52H69ClN16O4. The molecule has 4 aliphatic heterocycles. The van der Waals surface area contributed by atoms with Crippen molar-refractivity contribution >= 4 is 41.0 Å². The molecule has 4 fully saturated rings. The van der Waals surface area contributed by atoms with E-state index in [1.165, 1.54) is 0 Å². The Balaban J connectivity index is 0.000000166. The number of amides is 4. The molecular weight excluding hydrogens is 948 g/mol. The SMILES string of the molecule is CN1CC(n2cc(N)cn2)C1.Cc1cc(-c2ccnc(Cl)n2)ccc1CNC(=O)N1CC(OC(C)C)C1.Cc1cc(-c2ccnc(Nc3cnn(C4CN(C)C4)c3)n2)ccc1CNC(=O)N1CC(OC(C)C)C1. The van der Waals surface area contributed by atoms with E-state index in [1.54, 1.807) is 34.6 Å². The van der Waals surface area contributed by atoms with Gasteiger partial charge in [0.1, 0.15) is 0 Å². The lowest BCUT2D eigenvalue weighted by Crippen LogP contribution is -2.58. The molecule has 5 N–H and O–H groups in total. The maximum absolute atomic E-state index is 12.4. The van der Waals surface area contributed by atoms with Gasteiger partial charge in [0.15, 0.2) is 0 Å². The van der Waals surface area contributed by atoms with Crippen LogP contribution in [0.5, 0.6) is 0 Å². The Kier molecular flexibility index (Phi) is 17.2. The summed E-state index contributed by atoms with van der Waals surface area (Å²) in [4.78, 5) is 49.9. The summed E-state index contributed by atoms with van der Waals surface area (Å²) in [6, 6.07) is 16.7. The van der Waals surface area contributed by atoms with Gasteiger partial charge in [-0.15, -0.1) is 0 Å². The Hall–Kier alpha value is -6.71. The number of halogens is 1. The molecule has 6 aromatic rings. The lowest BCUT2D eigenvalue weighted by molar-refractivity contribution is -0.0642. The van der Waals surface area contributed by atoms with Crippen LogP contribution in [-0.2, 0) is 22.6 Å². The Labute approximate surface area is 432 Å². The molecule has 0 spiro atoms. The van der Waals surface area contributed by atoms with E-state index in [2.05, 4.69) is 71.1 Å². The first-order valence-electron chi connectivity index (χ1n) is 24.9. The third-order valence-electron chi connectivity index (χ3n) is 12.9. The Morgan fingerprint density at radius 2 is 1.15 bits per heavy atom. The van der Waals surface area contributed by atoms with Crippen molar-refractivity contribution < 1.29 is 19.1 Å². The first-order valence-corrected chi connectivity index (χ1v) is 25.2. The molecule has 4 amide bonds. The third-order valence-corrected chi connectivity index (χ3v) is 13.1. The van der Waals surface area contributed by atoms with E-state index in [1.807, 2.05) is 106 Å². The summed E-state index contributed by atoms with van der Waals surface area (Å²) in [6.07, 6.45) is 11.4. The minimum Gasteiger partial charge on any atom is -0.396 e. The smallest absolute Gasteiger partial charge is 0.317 e. The maximum Gasteiger partial charge on any atom is 0.317 e. The van der Waals surface area contributed by atoms with E-state index < -0.39 is 0 Å². The number of carbonyl (C=O) groups is 2. The van der Waals surface area contributed by atoms with Gasteiger partial charge >= 0.3 is 12.1 Å². The van der Waals surface area contributed by atoms with Crippen LogP contribution in [0.15, 0.2) is 85.7 Å². The zero-order valence-corrected chi connectivity index (χ0v) is 43.8. The topological polar surface area (TPSA) is 215 Å². The lowest BCUT2D eigenvalue weighted by atomic mass is 10.0. The highest BCUT2D eigenvalue weighted by molar-refractivity contribution is 6.28. The number of aryl methyl sites for hydroxylation is 2. The van der Waals surface area contributed by atoms with Gasteiger partial charge in [-0.2, -0.15) is 10.2 Å². The molecule has 4 saturated heterocycles. The van der Waals surface area contributed by atoms with Crippen molar-refractivity contribution in [3.8, 4) is 22.5 Å². The minimum absolute atomic E-state index is 0.0544. The van der Waals surface area contributed by atoms with E-state index in [4.69, 9.17) is 31.8 Å². The third kappa shape index (κ3) is 14.3. The van der Waals surface area contributed by atoms with Crippen molar-refractivity contribution in [2.75, 3.05) is 77.5 Å². The van der Waals surface area contributed by atoms with Crippen LogP contribution in [0.2, 0.25) is 5.28 Å². The van der Waals surface area contributed by atoms with Gasteiger partial charge in [0.2, 0.25) is 11.2 Å². The Morgan fingerprint density at radius 1 is 0.671 bits per heavy atom. The molecule has 4 aromatic heterocycles. The van der Waals surface area contributed by atoms with Gasteiger partial charge in [0, 0.05) is 75.2 Å². The number of urea groups is 2. The van der Waals surface area contributed by atoms with Gasteiger partial charge in [-0.3, -0.25) is 9.36 Å². The summed E-state index contributed by atoms with van der Waals surface area (Å²) in [5, 5.41) is 18.1. The standard InChI is InChI=1S/C26H34N8O2.C19H23ClN4O2.C7H12N4/c1-17(2)36-23-15-33(16-23)26(35)28-10-20-6-5-19(9-18(20)3)24-7-8-27-25(31-24)30-21-11-29-34(12-21)22-13-32(4)14-22;1-12(2)26-16-10-24(11-16)19(25)22-9-15-5-4-14(8-13(15)3)17-6-7-21-18(20)23-17;1-10-4-7(5-10)11-3-6(8)2-9-11/h5-9,11-12,17,22-23H,10,13-16H2,1-4H3,(H,28,35)(H,27,30,31);4-8,12,16H,9-11H2,1-3H3,(H,22,25);2-3,7H,4-5,8H2,1H3. The number of hydrogen-bond acceptors (Lipinski definition) is 14. The van der Waals surface area contributed by atoms with Gasteiger partial charge in [-0.1, -0.05) is 24.3 Å². The van der Waals surface area contributed by atoms with Crippen LogP contribution in [0.25, 0.3) is 22.5 Å². The summed E-state index contributed by atoms with van der Waals surface area (Å²) >= 11 is 5.85. The second kappa shape index (κ2) is 23.9. The molecule has 2 aromatic carbocycles. The number of nitrogens with zero attached hydrogens (tertiary/aromatic N) is 12. The Morgan fingerprint density at radius 3 is 1.60 bits per heavy atom. The predicted octanol–water partition coefficient (Wildman–Crippen LogP) is 6.57. The molecule has 0 unspecified atom stereocenters. The summed E-state index contributed by atoms with van der Waals surface area (Å²) in [7, 11) is 4.21. The number of benzene rings is 2. The van der Waals surface area contributed by atoms with Crippen LogP contribution in [0.1, 0.15) is 62.0 Å². The molecule has 0 bridgehead atoms. The zero-order chi connectivity index (χ0) is 51.8. The van der Waals surface area contributed by atoms with Crippen LogP contribution in [0.4, 0.5) is 26.9 Å². The fourth-order valence-corrected chi connectivity index (χ4v) is 9.00. The number of anilines is 3. The normalized spacial score (nSPS) is 16.4. The van der Waals surface area contributed by atoms with Crippen molar-refractivity contribution in [3.05, 3.63) is 113 Å². The number of likely N-dealkylation sites (N-methyl/N-ethyl adjacent to an activating group) is 2. The van der Waals surface area contributed by atoms with Gasteiger partial charge < -0.3 is 50.8 Å². The first-order chi connectivity index (χ1) is 35.0. The van der Waals surface area contributed by atoms with E-state index in [0.29, 0.717) is 57.3 Å². The molecule has 20 nitrogen and oxygen atoms in total. The fraction of sp³-hybridized carbons (Fsp3) is 0.462. The number of nitrogens with one attached hydrogen (secondary N) is 3. The number of carbonyl (C=O) groups excluding carboxylic acids is 2. The molecule has 388 valence electrons. The molecule has 0 atom stereocenters. The first kappa shape index (κ1) is 52.6. The van der Waals surface area contributed by atoms with Crippen LogP contribution >= 0.6 is 11.6 Å². The molecule has 0 saturated carbocycles. The van der Waals surface area contributed by atoms with Crippen molar-refractivity contribution in [1.29, 1.82) is 0 Å². The molecule has 73 heavy (non-hydrogen) atoms. The number of hydrogen-bond donors (Lipinski definition) is 4. The molecule has 4 aliphatic rings. The highest BCUT2D eigenvalue weighted by Gasteiger charge is 2.33. The second-order valence-corrected chi connectivity index (χ2v) is 20.2. The summed E-state index contributed by atoms with van der Waals surface area (Å²) < 4.78 is 15.3. The van der Waals surface area contributed by atoms with E-state index in [0.717, 1.165) is 82.3 Å². The number of rotatable bonds is 14. The van der Waals surface area contributed by atoms with Crippen molar-refractivity contribution in [2.24, 2.45) is 0 Å². The lowest BCUT2D eigenvalue weighted by Gasteiger charge is -2.39. The summed E-state index contributed by atoms with van der Waals surface area (Å²) in [5.41, 5.74) is 15.0. The quantitative estimate of drug-likeness (QED) is 0.0850. The number of ether oxygens (including phenoxy) is 2. The van der Waals surface area contributed by atoms with E-state index >= 15 is 0 Å². The van der Waals surface area contributed by atoms with Crippen molar-refractivity contribution in [3.63, 3.8) is 0 Å². The highest BCUT2D eigenvalue weighted by Crippen LogP contribution is 2.26. The van der Waals surface area contributed by atoms with Crippen LogP contribution in [0.3, 0.4) is 0 Å². The molecule has 0 radical (unpaired) electrons. The maximum atomic E-state index is 12.4. The molecule has 10 rings (SSSR count). The van der Waals surface area contributed by atoms with Crippen LogP contribution < -0.4 is 21.7 Å².